The van der Waals surface area contributed by atoms with Crippen molar-refractivity contribution in [3.63, 3.8) is 0 Å². The van der Waals surface area contributed by atoms with Gasteiger partial charge in [0.15, 0.2) is 0 Å². The van der Waals surface area contributed by atoms with Gasteiger partial charge in [0.2, 0.25) is 5.91 Å². The van der Waals surface area contributed by atoms with Crippen LogP contribution in [0.15, 0.2) is 24.3 Å². The van der Waals surface area contributed by atoms with Crippen LogP contribution in [0.5, 0.6) is 0 Å². The Hall–Kier alpha value is -1.60. The van der Waals surface area contributed by atoms with E-state index in [0.29, 0.717) is 25.6 Å². The van der Waals surface area contributed by atoms with Gasteiger partial charge in [0.25, 0.3) is 0 Å². The second-order valence-corrected chi connectivity index (χ2v) is 8.87. The first-order chi connectivity index (χ1) is 13.7. The van der Waals surface area contributed by atoms with Crippen molar-refractivity contribution in [3.05, 3.63) is 35.4 Å². The second kappa shape index (κ2) is 7.58. The zero-order valence-corrected chi connectivity index (χ0v) is 16.9. The van der Waals surface area contributed by atoms with Crippen molar-refractivity contribution in [2.75, 3.05) is 6.61 Å². The van der Waals surface area contributed by atoms with Crippen LogP contribution in [-0.4, -0.2) is 35.3 Å². The van der Waals surface area contributed by atoms with E-state index >= 15 is 0 Å². The zero-order valence-electron chi connectivity index (χ0n) is 16.9. The summed E-state index contributed by atoms with van der Waals surface area (Å²) in [6.07, 6.45) is -0.586. The first-order valence-electron chi connectivity index (χ1n) is 10.4. The molecule has 1 amide bonds. The highest BCUT2D eigenvalue weighted by Crippen LogP contribution is 2.50. The maximum absolute atomic E-state index is 12.7. The van der Waals surface area contributed by atoms with Crippen molar-refractivity contribution in [1.29, 1.82) is 0 Å². The molecule has 1 aromatic rings. The molecule has 0 N–H and O–H groups in total. The van der Waals surface area contributed by atoms with Gasteiger partial charge in [-0.05, 0) is 49.3 Å². The average Bonchev–Trinajstić information content (AvgIpc) is 3.07. The number of alkyl halides is 3. The Labute approximate surface area is 169 Å². The summed E-state index contributed by atoms with van der Waals surface area (Å²) in [4.78, 5) is 14.7. The maximum atomic E-state index is 12.7. The fraction of sp³-hybridized carbons (Fsp3) is 0.682. The minimum atomic E-state index is -4.32. The first-order valence-corrected chi connectivity index (χ1v) is 10.4. The lowest BCUT2D eigenvalue weighted by atomic mass is 9.73. The zero-order chi connectivity index (χ0) is 20.8. The van der Waals surface area contributed by atoms with Crippen molar-refractivity contribution >= 4 is 5.91 Å². The normalized spacial score (nSPS) is 32.4. The molecule has 0 aromatic heterocycles. The third kappa shape index (κ3) is 3.79. The molecule has 1 saturated carbocycles. The average molecular weight is 411 g/mol. The number of amides is 1. The molecule has 4 nitrogen and oxygen atoms in total. The highest BCUT2D eigenvalue weighted by molar-refractivity contribution is 5.78. The Morgan fingerprint density at radius 2 is 1.97 bits per heavy atom. The maximum Gasteiger partial charge on any atom is 0.416 e. The molecule has 3 aliphatic rings. The van der Waals surface area contributed by atoms with Gasteiger partial charge in [-0.1, -0.05) is 26.0 Å². The number of nitrogens with zero attached hydrogens (tertiary/aromatic N) is 1. The fourth-order valence-corrected chi connectivity index (χ4v) is 5.16. The lowest BCUT2D eigenvalue weighted by Gasteiger charge is -2.52. The molecule has 2 aliphatic heterocycles. The summed E-state index contributed by atoms with van der Waals surface area (Å²) in [5, 5.41) is 0. The quantitative estimate of drug-likeness (QED) is 0.717. The first kappa shape index (κ1) is 20.7. The van der Waals surface area contributed by atoms with Crippen LogP contribution >= 0.6 is 0 Å². The van der Waals surface area contributed by atoms with Gasteiger partial charge in [-0.15, -0.1) is 0 Å². The summed E-state index contributed by atoms with van der Waals surface area (Å²) in [5.41, 5.74) is -0.403. The number of hydrogen-bond donors (Lipinski definition) is 0. The number of rotatable bonds is 4. The summed E-state index contributed by atoms with van der Waals surface area (Å²) in [5.74, 6) is 0.794. The van der Waals surface area contributed by atoms with E-state index < -0.39 is 17.5 Å². The molecule has 4 rings (SSSR count). The highest BCUT2D eigenvalue weighted by atomic mass is 19.4. The van der Waals surface area contributed by atoms with Crippen molar-refractivity contribution in [2.24, 2.45) is 11.8 Å². The van der Waals surface area contributed by atoms with Gasteiger partial charge in [0.05, 0.1) is 30.9 Å². The molecule has 3 fully saturated rings. The number of ether oxygens (including phenoxy) is 2. The molecule has 1 aromatic carbocycles. The van der Waals surface area contributed by atoms with E-state index in [1.807, 2.05) is 4.90 Å². The molecule has 2 saturated heterocycles. The van der Waals surface area contributed by atoms with Crippen LogP contribution in [0.4, 0.5) is 13.2 Å². The fourth-order valence-electron chi connectivity index (χ4n) is 5.16. The molecule has 1 spiro atoms. The van der Waals surface area contributed by atoms with E-state index in [1.165, 1.54) is 12.1 Å². The number of halogens is 3. The van der Waals surface area contributed by atoms with Crippen LogP contribution in [0.25, 0.3) is 0 Å². The predicted molar refractivity (Wildman–Crippen MR) is 101 cm³/mol. The van der Waals surface area contributed by atoms with Gasteiger partial charge in [0, 0.05) is 12.3 Å². The summed E-state index contributed by atoms with van der Waals surface area (Å²) >= 11 is 0. The molecule has 2 heterocycles. The molecule has 0 bridgehead atoms. The third-order valence-corrected chi connectivity index (χ3v) is 6.77. The standard InChI is InChI=1S/C22H28F3NO3/c1-14(2)19-13-29-21-10-9-18(11-17(21)7-8-20(27)26(19)21)28-12-15-3-5-16(6-4-15)22(23,24)25/h3-6,14,17-19H,7-13H2,1-2H3/t17-,18+,19-,21-/m1/s1. The van der Waals surface area contributed by atoms with Crippen molar-refractivity contribution in [1.82, 2.24) is 4.90 Å². The molecule has 29 heavy (non-hydrogen) atoms. The largest absolute Gasteiger partial charge is 0.416 e. The predicted octanol–water partition coefficient (Wildman–Crippen LogP) is 4.76. The Balaban J connectivity index is 1.39. The van der Waals surface area contributed by atoms with Crippen LogP contribution < -0.4 is 0 Å². The van der Waals surface area contributed by atoms with Crippen LogP contribution in [-0.2, 0) is 27.1 Å². The van der Waals surface area contributed by atoms with Gasteiger partial charge in [-0.25, -0.2) is 0 Å². The monoisotopic (exact) mass is 411 g/mol. The number of piperidine rings is 1. The molecule has 0 unspecified atom stereocenters. The smallest absolute Gasteiger partial charge is 0.374 e. The summed E-state index contributed by atoms with van der Waals surface area (Å²) in [7, 11) is 0. The Morgan fingerprint density at radius 3 is 2.62 bits per heavy atom. The van der Waals surface area contributed by atoms with Crippen molar-refractivity contribution < 1.29 is 27.4 Å². The number of carbonyl (C=O) groups excluding carboxylic acids is 1. The number of benzene rings is 1. The van der Waals surface area contributed by atoms with Crippen LogP contribution in [0.1, 0.15) is 57.1 Å². The summed E-state index contributed by atoms with van der Waals surface area (Å²) < 4.78 is 50.4. The Morgan fingerprint density at radius 1 is 1.24 bits per heavy atom. The molecular weight excluding hydrogens is 383 g/mol. The van der Waals surface area contributed by atoms with E-state index in [2.05, 4.69) is 13.8 Å². The summed E-state index contributed by atoms with van der Waals surface area (Å²) in [6.45, 7) is 5.14. The Kier molecular flexibility index (Phi) is 5.40. The van der Waals surface area contributed by atoms with Crippen LogP contribution in [0, 0.1) is 11.8 Å². The van der Waals surface area contributed by atoms with Gasteiger partial charge in [-0.3, -0.25) is 4.79 Å². The van der Waals surface area contributed by atoms with E-state index in [9.17, 15) is 18.0 Å². The molecular formula is C22H28F3NO3. The van der Waals surface area contributed by atoms with Crippen molar-refractivity contribution in [3.8, 4) is 0 Å². The molecule has 4 atom stereocenters. The lowest BCUT2D eigenvalue weighted by molar-refractivity contribution is -0.198. The minimum absolute atomic E-state index is 0.0321. The van der Waals surface area contributed by atoms with Crippen molar-refractivity contribution in [2.45, 2.75) is 76.6 Å². The topological polar surface area (TPSA) is 38.8 Å². The van der Waals surface area contributed by atoms with Crippen LogP contribution in [0.2, 0.25) is 0 Å². The van der Waals surface area contributed by atoms with Gasteiger partial charge < -0.3 is 14.4 Å². The molecule has 0 radical (unpaired) electrons. The van der Waals surface area contributed by atoms with E-state index in [1.54, 1.807) is 0 Å². The van der Waals surface area contributed by atoms with E-state index in [0.717, 1.165) is 43.4 Å². The SMILES string of the molecule is CC(C)[C@H]1CO[C@]23CC[C@H](OCc4ccc(C(F)(F)F)cc4)C[C@H]2CCC(=O)N13. The number of hydrogen-bond acceptors (Lipinski definition) is 3. The lowest BCUT2D eigenvalue weighted by Crippen LogP contribution is -2.62. The van der Waals surface area contributed by atoms with E-state index in [-0.39, 0.29) is 24.0 Å². The molecule has 1 aliphatic carbocycles. The second-order valence-electron chi connectivity index (χ2n) is 8.87. The molecule has 160 valence electrons. The van der Waals surface area contributed by atoms with Crippen LogP contribution in [0.3, 0.4) is 0 Å². The van der Waals surface area contributed by atoms with Gasteiger partial charge in [-0.2, -0.15) is 13.2 Å². The third-order valence-electron chi connectivity index (χ3n) is 6.77. The van der Waals surface area contributed by atoms with E-state index in [4.69, 9.17) is 9.47 Å². The molecule has 7 heteroatoms. The Bertz CT molecular complexity index is 749. The summed E-state index contributed by atoms with van der Waals surface area (Å²) in [6, 6.07) is 5.27. The number of carbonyl (C=O) groups is 1. The van der Waals surface area contributed by atoms with Gasteiger partial charge >= 0.3 is 6.18 Å². The van der Waals surface area contributed by atoms with Gasteiger partial charge in [0.1, 0.15) is 5.72 Å². The minimum Gasteiger partial charge on any atom is -0.374 e. The highest BCUT2D eigenvalue weighted by Gasteiger charge is 2.59.